The summed E-state index contributed by atoms with van der Waals surface area (Å²) < 4.78 is 16.1. The number of rotatable bonds is 15. The lowest BCUT2D eigenvalue weighted by molar-refractivity contribution is -0.153. The first-order chi connectivity index (χ1) is 14.4. The van der Waals surface area contributed by atoms with E-state index in [1.54, 1.807) is 17.0 Å². The van der Waals surface area contributed by atoms with Gasteiger partial charge in [0, 0.05) is 13.0 Å². The van der Waals surface area contributed by atoms with Gasteiger partial charge in [-0.1, -0.05) is 44.7 Å². The summed E-state index contributed by atoms with van der Waals surface area (Å²) in [5, 5.41) is 9.28. The molecule has 0 heterocycles. The topological polar surface area (TPSA) is 85.3 Å². The Morgan fingerprint density at radius 1 is 1.03 bits per heavy atom. The van der Waals surface area contributed by atoms with Gasteiger partial charge >= 0.3 is 12.1 Å². The number of carbonyl (C=O) groups is 2. The van der Waals surface area contributed by atoms with E-state index in [0.29, 0.717) is 31.9 Å². The highest BCUT2D eigenvalue weighted by Gasteiger charge is 2.20. The van der Waals surface area contributed by atoms with Crippen LogP contribution in [0.25, 0.3) is 0 Å². The molecule has 0 aliphatic heterocycles. The van der Waals surface area contributed by atoms with Gasteiger partial charge in [-0.15, -0.1) is 0 Å². The number of nitrogens with zero attached hydrogens (tertiary/aromatic N) is 1. The van der Waals surface area contributed by atoms with Crippen molar-refractivity contribution in [3.8, 4) is 5.75 Å². The minimum atomic E-state index is -0.971. The molecule has 30 heavy (non-hydrogen) atoms. The van der Waals surface area contributed by atoms with Crippen LogP contribution >= 0.6 is 0 Å². The maximum Gasteiger partial charge on any atom is 0.409 e. The summed E-state index contributed by atoms with van der Waals surface area (Å²) in [5.74, 6) is -0.301. The predicted octanol–water partition coefficient (Wildman–Crippen LogP) is 4.52. The number of amides is 1. The molecule has 0 aliphatic carbocycles. The number of hydrogen-bond donors (Lipinski definition) is 1. The van der Waals surface area contributed by atoms with E-state index >= 15 is 0 Å². The third-order valence-electron chi connectivity index (χ3n) is 4.65. The summed E-state index contributed by atoms with van der Waals surface area (Å²) in [6.45, 7) is 7.27. The highest BCUT2D eigenvalue weighted by atomic mass is 16.5. The lowest BCUT2D eigenvalue weighted by Gasteiger charge is -2.21. The van der Waals surface area contributed by atoms with Gasteiger partial charge in [0.1, 0.15) is 12.4 Å². The Labute approximate surface area is 180 Å². The number of carboxylic acid groups (broad SMARTS) is 1. The third-order valence-corrected chi connectivity index (χ3v) is 4.65. The molecule has 170 valence electrons. The molecule has 0 spiro atoms. The van der Waals surface area contributed by atoms with Gasteiger partial charge in [0.15, 0.2) is 6.10 Å². The molecule has 1 rings (SSSR count). The van der Waals surface area contributed by atoms with Crippen LogP contribution in [0.4, 0.5) is 4.79 Å². The van der Waals surface area contributed by atoms with E-state index in [1.165, 1.54) is 26.4 Å². The summed E-state index contributed by atoms with van der Waals surface area (Å²) in [6.07, 6.45) is 4.56. The summed E-state index contributed by atoms with van der Waals surface area (Å²) in [4.78, 5) is 24.9. The summed E-state index contributed by atoms with van der Waals surface area (Å²) in [5.41, 5.74) is 0.860. The molecule has 7 heteroatoms. The molecule has 1 atom stereocenters. The van der Waals surface area contributed by atoms with Crippen molar-refractivity contribution in [3.05, 3.63) is 29.8 Å². The lowest BCUT2D eigenvalue weighted by atomic mass is 10.1. The van der Waals surface area contributed by atoms with E-state index in [0.717, 1.165) is 18.4 Å². The van der Waals surface area contributed by atoms with Crippen LogP contribution in [-0.2, 0) is 20.7 Å². The fourth-order valence-corrected chi connectivity index (χ4v) is 3.06. The Kier molecular flexibility index (Phi) is 12.6. The van der Waals surface area contributed by atoms with Crippen LogP contribution in [-0.4, -0.2) is 61.1 Å². The summed E-state index contributed by atoms with van der Waals surface area (Å²) >= 11 is 0. The summed E-state index contributed by atoms with van der Waals surface area (Å²) in [7, 11) is 1.39. The van der Waals surface area contributed by atoms with Crippen LogP contribution in [0.3, 0.4) is 0 Å². The first-order valence-electron chi connectivity index (χ1n) is 10.8. The third kappa shape index (κ3) is 10.5. The largest absolute Gasteiger partial charge is 0.492 e. The highest BCUT2D eigenvalue weighted by molar-refractivity contribution is 5.72. The van der Waals surface area contributed by atoms with Crippen LogP contribution in [0.15, 0.2) is 24.3 Å². The minimum Gasteiger partial charge on any atom is -0.492 e. The van der Waals surface area contributed by atoms with E-state index in [-0.39, 0.29) is 12.2 Å². The molecule has 1 amide bonds. The van der Waals surface area contributed by atoms with E-state index < -0.39 is 12.1 Å². The molecule has 0 aliphatic rings. The molecular formula is C23H37NO6. The first-order valence-corrected chi connectivity index (χ1v) is 10.8. The molecule has 0 bridgehead atoms. The normalized spacial score (nSPS) is 11.9. The molecule has 0 fully saturated rings. The maximum absolute atomic E-state index is 11.9. The van der Waals surface area contributed by atoms with Gasteiger partial charge in [-0.25, -0.2) is 9.59 Å². The van der Waals surface area contributed by atoms with Gasteiger partial charge in [-0.3, -0.25) is 0 Å². The average molecular weight is 424 g/mol. The lowest BCUT2D eigenvalue weighted by Crippen LogP contribution is -2.35. The smallest absolute Gasteiger partial charge is 0.409 e. The van der Waals surface area contributed by atoms with Crippen molar-refractivity contribution in [2.45, 2.75) is 71.5 Å². The number of carbonyl (C=O) groups excluding carboxylic acids is 1. The Bertz CT molecular complexity index is 617. The molecule has 0 saturated carbocycles. The van der Waals surface area contributed by atoms with Crippen LogP contribution in [0.2, 0.25) is 0 Å². The number of unbranched alkanes of at least 4 members (excludes halogenated alkanes) is 4. The van der Waals surface area contributed by atoms with Crippen molar-refractivity contribution < 1.29 is 28.9 Å². The first kappa shape index (κ1) is 25.8. The Hall–Kier alpha value is -2.28. The van der Waals surface area contributed by atoms with Crippen molar-refractivity contribution in [3.63, 3.8) is 0 Å². The zero-order valence-electron chi connectivity index (χ0n) is 18.8. The van der Waals surface area contributed by atoms with E-state index in [2.05, 4.69) is 6.92 Å². The quantitative estimate of drug-likeness (QED) is 0.417. The van der Waals surface area contributed by atoms with Crippen LogP contribution in [0.5, 0.6) is 5.75 Å². The Morgan fingerprint density at radius 2 is 1.70 bits per heavy atom. The number of hydrogen-bond acceptors (Lipinski definition) is 5. The fraction of sp³-hybridized carbons (Fsp3) is 0.652. The molecular weight excluding hydrogens is 386 g/mol. The standard InChI is InChI=1S/C23H37NO6/c1-5-6-7-8-9-14-24(23(27)28-4)15-16-29-20-12-10-19(11-13-20)17-21(22(25)26)30-18(2)3/h10-13,18,21H,5-9,14-17H2,1-4H3,(H,25,26). The molecule has 0 saturated heterocycles. The van der Waals surface area contributed by atoms with E-state index in [1.807, 2.05) is 26.0 Å². The molecule has 1 aromatic rings. The number of carboxylic acids is 1. The average Bonchev–Trinajstić information content (AvgIpc) is 2.72. The SMILES string of the molecule is CCCCCCCN(CCOc1ccc(CC(OC(C)C)C(=O)O)cc1)C(=O)OC. The van der Waals surface area contributed by atoms with Crippen molar-refractivity contribution in [2.24, 2.45) is 0 Å². The zero-order chi connectivity index (χ0) is 22.4. The second-order valence-corrected chi connectivity index (χ2v) is 7.58. The highest BCUT2D eigenvalue weighted by Crippen LogP contribution is 2.15. The predicted molar refractivity (Wildman–Crippen MR) is 116 cm³/mol. The molecule has 0 radical (unpaired) electrons. The van der Waals surface area contributed by atoms with E-state index in [9.17, 15) is 14.7 Å². The monoisotopic (exact) mass is 423 g/mol. The molecule has 1 unspecified atom stereocenters. The second-order valence-electron chi connectivity index (χ2n) is 7.58. The minimum absolute atomic E-state index is 0.155. The van der Waals surface area contributed by atoms with Crippen LogP contribution in [0, 0.1) is 0 Å². The second kappa shape index (κ2) is 14.7. The van der Waals surface area contributed by atoms with Crippen molar-refractivity contribution >= 4 is 12.1 Å². The van der Waals surface area contributed by atoms with E-state index in [4.69, 9.17) is 14.2 Å². The van der Waals surface area contributed by atoms with Crippen LogP contribution in [0.1, 0.15) is 58.4 Å². The maximum atomic E-state index is 11.9. The van der Waals surface area contributed by atoms with Gasteiger partial charge in [-0.2, -0.15) is 0 Å². The molecule has 1 N–H and O–H groups in total. The van der Waals surface area contributed by atoms with Gasteiger partial charge in [-0.05, 0) is 38.0 Å². The fourth-order valence-electron chi connectivity index (χ4n) is 3.06. The number of methoxy groups -OCH3 is 1. The van der Waals surface area contributed by atoms with Crippen LogP contribution < -0.4 is 4.74 Å². The van der Waals surface area contributed by atoms with Gasteiger partial charge in [0.25, 0.3) is 0 Å². The number of ether oxygens (including phenoxy) is 3. The van der Waals surface area contributed by atoms with Crippen molar-refractivity contribution in [1.82, 2.24) is 4.90 Å². The van der Waals surface area contributed by atoms with Gasteiger partial charge in [0.2, 0.25) is 0 Å². The summed E-state index contributed by atoms with van der Waals surface area (Å²) in [6, 6.07) is 7.27. The van der Waals surface area contributed by atoms with Crippen molar-refractivity contribution in [1.29, 1.82) is 0 Å². The molecule has 7 nitrogen and oxygen atoms in total. The van der Waals surface area contributed by atoms with Crippen molar-refractivity contribution in [2.75, 3.05) is 26.8 Å². The van der Waals surface area contributed by atoms with Gasteiger partial charge in [0.05, 0.1) is 19.8 Å². The number of aliphatic carboxylic acids is 1. The molecule has 1 aromatic carbocycles. The molecule has 0 aromatic heterocycles. The Morgan fingerprint density at radius 3 is 2.27 bits per heavy atom. The zero-order valence-corrected chi connectivity index (χ0v) is 18.8. The number of benzene rings is 1. The van der Waals surface area contributed by atoms with Gasteiger partial charge < -0.3 is 24.2 Å². The Balaban J connectivity index is 2.48.